The van der Waals surface area contributed by atoms with Crippen LogP contribution in [0.2, 0.25) is 0 Å². The first-order chi connectivity index (χ1) is 11.1. The first-order valence-electron chi connectivity index (χ1n) is 7.52. The van der Waals surface area contributed by atoms with Gasteiger partial charge in [-0.05, 0) is 37.6 Å². The van der Waals surface area contributed by atoms with Crippen molar-refractivity contribution < 1.29 is 0 Å². The second-order valence-electron chi connectivity index (χ2n) is 5.86. The average molecular weight is 307 g/mol. The highest BCUT2D eigenvalue weighted by atomic mass is 15.4. The first-order valence-corrected chi connectivity index (χ1v) is 7.52. The number of anilines is 1. The highest BCUT2D eigenvalue weighted by molar-refractivity contribution is 5.87. The summed E-state index contributed by atoms with van der Waals surface area (Å²) >= 11 is 0. The molecule has 4 rings (SSSR count). The zero-order valence-corrected chi connectivity index (χ0v) is 13.2. The quantitative estimate of drug-likeness (QED) is 0.629. The van der Waals surface area contributed by atoms with Gasteiger partial charge in [-0.15, -0.1) is 10.2 Å². The first kappa shape index (κ1) is 13.7. The topological polar surface area (TPSA) is 72.9 Å². The third-order valence-electron chi connectivity index (χ3n) is 3.76. The van der Waals surface area contributed by atoms with E-state index in [2.05, 4.69) is 45.6 Å². The number of benzene rings is 1. The minimum absolute atomic E-state index is 0.294. The minimum atomic E-state index is 0.294. The monoisotopic (exact) mass is 307 g/mol. The largest absolute Gasteiger partial charge is 0.351 e. The van der Waals surface area contributed by atoms with Gasteiger partial charge in [0.2, 0.25) is 5.95 Å². The number of aromatic nitrogens is 6. The number of aryl methyl sites for hydroxylation is 1. The van der Waals surface area contributed by atoms with Crippen molar-refractivity contribution in [1.29, 1.82) is 0 Å². The maximum Gasteiger partial charge on any atom is 0.241 e. The van der Waals surface area contributed by atoms with E-state index in [0.29, 0.717) is 12.0 Å². The van der Waals surface area contributed by atoms with Crippen molar-refractivity contribution >= 4 is 22.5 Å². The maximum absolute atomic E-state index is 4.50. The Morgan fingerprint density at radius 3 is 2.83 bits per heavy atom. The third-order valence-corrected chi connectivity index (χ3v) is 3.76. The van der Waals surface area contributed by atoms with E-state index in [0.717, 1.165) is 27.7 Å². The van der Waals surface area contributed by atoms with Gasteiger partial charge in [-0.1, -0.05) is 11.3 Å². The molecule has 3 heterocycles. The van der Waals surface area contributed by atoms with Crippen LogP contribution in [0.4, 0.5) is 5.95 Å². The summed E-state index contributed by atoms with van der Waals surface area (Å²) in [4.78, 5) is 4.40. The fourth-order valence-corrected chi connectivity index (χ4v) is 2.67. The molecule has 0 amide bonds. The van der Waals surface area contributed by atoms with Crippen LogP contribution in [0.1, 0.15) is 13.8 Å². The Morgan fingerprint density at radius 1 is 1.13 bits per heavy atom. The van der Waals surface area contributed by atoms with Crippen molar-refractivity contribution in [2.45, 2.75) is 19.9 Å². The molecular formula is C16H17N7. The fraction of sp³-hybridized carbons (Fsp3) is 0.250. The van der Waals surface area contributed by atoms with Crippen LogP contribution >= 0.6 is 0 Å². The molecule has 0 bridgehead atoms. The summed E-state index contributed by atoms with van der Waals surface area (Å²) in [5.74, 6) is 0.626. The number of fused-ring (bicyclic) bond motifs is 2. The smallest absolute Gasteiger partial charge is 0.241 e. The SMILES string of the molecule is CC(C)Nc1ncc2c(-c3ccc4nnn(C)c4c3)ccn2n1. The molecule has 0 radical (unpaired) electrons. The molecule has 0 aliphatic rings. The summed E-state index contributed by atoms with van der Waals surface area (Å²) in [6.45, 7) is 4.12. The Morgan fingerprint density at radius 2 is 2.00 bits per heavy atom. The molecule has 0 atom stereocenters. The summed E-state index contributed by atoms with van der Waals surface area (Å²) in [6, 6.07) is 8.46. The van der Waals surface area contributed by atoms with Crippen LogP contribution in [-0.4, -0.2) is 35.6 Å². The van der Waals surface area contributed by atoms with Gasteiger partial charge in [0.1, 0.15) is 5.52 Å². The Hall–Kier alpha value is -2.96. The van der Waals surface area contributed by atoms with Crippen molar-refractivity contribution in [3.8, 4) is 11.1 Å². The van der Waals surface area contributed by atoms with Crippen LogP contribution in [0.5, 0.6) is 0 Å². The summed E-state index contributed by atoms with van der Waals surface area (Å²) in [7, 11) is 1.89. The lowest BCUT2D eigenvalue weighted by molar-refractivity contribution is 0.736. The summed E-state index contributed by atoms with van der Waals surface area (Å²) in [5.41, 5.74) is 5.04. The Bertz CT molecular complexity index is 996. The molecule has 0 aliphatic carbocycles. The van der Waals surface area contributed by atoms with Gasteiger partial charge in [0.05, 0.1) is 17.2 Å². The highest BCUT2D eigenvalue weighted by Crippen LogP contribution is 2.27. The van der Waals surface area contributed by atoms with Crippen LogP contribution in [-0.2, 0) is 7.05 Å². The van der Waals surface area contributed by atoms with E-state index < -0.39 is 0 Å². The molecule has 23 heavy (non-hydrogen) atoms. The third kappa shape index (κ3) is 2.30. The lowest BCUT2D eigenvalue weighted by Gasteiger charge is -2.08. The number of nitrogens with one attached hydrogen (secondary N) is 1. The average Bonchev–Trinajstić information content (AvgIpc) is 3.10. The standard InChI is InChI=1S/C16H17N7/c1-10(2)18-16-17-9-15-12(6-7-23(15)20-16)11-4-5-13-14(8-11)22(3)21-19-13/h4-10H,1-3H3,(H,18,20). The summed E-state index contributed by atoms with van der Waals surface area (Å²) in [6.07, 6.45) is 3.79. The molecule has 3 aromatic heterocycles. The molecule has 7 nitrogen and oxygen atoms in total. The number of nitrogens with zero attached hydrogens (tertiary/aromatic N) is 6. The van der Waals surface area contributed by atoms with Crippen molar-refractivity contribution in [1.82, 2.24) is 29.6 Å². The van der Waals surface area contributed by atoms with E-state index in [-0.39, 0.29) is 0 Å². The van der Waals surface area contributed by atoms with Gasteiger partial charge in [-0.3, -0.25) is 0 Å². The number of hydrogen-bond donors (Lipinski definition) is 1. The fourth-order valence-electron chi connectivity index (χ4n) is 2.67. The lowest BCUT2D eigenvalue weighted by atomic mass is 10.1. The Labute approximate surface area is 133 Å². The molecule has 0 fully saturated rings. The molecule has 7 heteroatoms. The van der Waals surface area contributed by atoms with Gasteiger partial charge in [-0.2, -0.15) is 0 Å². The molecule has 0 spiro atoms. The van der Waals surface area contributed by atoms with Crippen LogP contribution in [0.15, 0.2) is 36.7 Å². The van der Waals surface area contributed by atoms with Gasteiger partial charge >= 0.3 is 0 Å². The van der Waals surface area contributed by atoms with Crippen LogP contribution in [0.25, 0.3) is 27.7 Å². The lowest BCUT2D eigenvalue weighted by Crippen LogP contribution is -2.13. The summed E-state index contributed by atoms with van der Waals surface area (Å²) in [5, 5.41) is 15.9. The van der Waals surface area contributed by atoms with E-state index in [1.54, 1.807) is 4.68 Å². The van der Waals surface area contributed by atoms with Crippen molar-refractivity contribution in [3.63, 3.8) is 0 Å². The number of rotatable bonds is 3. The van der Waals surface area contributed by atoms with Crippen LogP contribution in [0.3, 0.4) is 0 Å². The highest BCUT2D eigenvalue weighted by Gasteiger charge is 2.10. The molecule has 0 aliphatic heterocycles. The molecule has 0 unspecified atom stereocenters. The van der Waals surface area contributed by atoms with Gasteiger partial charge < -0.3 is 5.32 Å². The predicted octanol–water partition coefficient (Wildman–Crippen LogP) is 2.50. The van der Waals surface area contributed by atoms with Gasteiger partial charge in [-0.25, -0.2) is 14.2 Å². The number of hydrogen-bond acceptors (Lipinski definition) is 5. The zero-order valence-electron chi connectivity index (χ0n) is 13.2. The summed E-state index contributed by atoms with van der Waals surface area (Å²) < 4.78 is 3.62. The normalized spacial score (nSPS) is 11.7. The minimum Gasteiger partial charge on any atom is -0.351 e. The van der Waals surface area contributed by atoms with Crippen LogP contribution < -0.4 is 5.32 Å². The van der Waals surface area contributed by atoms with Crippen LogP contribution in [0, 0.1) is 0 Å². The molecule has 116 valence electrons. The zero-order chi connectivity index (χ0) is 16.0. The molecule has 1 aromatic carbocycles. The molecule has 0 saturated carbocycles. The van der Waals surface area contributed by atoms with Gasteiger partial charge in [0.25, 0.3) is 0 Å². The van der Waals surface area contributed by atoms with Crippen molar-refractivity contribution in [2.24, 2.45) is 7.05 Å². The van der Waals surface area contributed by atoms with E-state index in [1.165, 1.54) is 0 Å². The van der Waals surface area contributed by atoms with E-state index in [4.69, 9.17) is 0 Å². The molecule has 0 saturated heterocycles. The van der Waals surface area contributed by atoms with E-state index in [1.807, 2.05) is 42.2 Å². The van der Waals surface area contributed by atoms with Gasteiger partial charge in [0, 0.05) is 24.8 Å². The van der Waals surface area contributed by atoms with Crippen molar-refractivity contribution in [3.05, 3.63) is 36.7 Å². The van der Waals surface area contributed by atoms with Crippen molar-refractivity contribution in [2.75, 3.05) is 5.32 Å². The Balaban J connectivity index is 1.82. The second-order valence-corrected chi connectivity index (χ2v) is 5.86. The Kier molecular flexibility index (Phi) is 3.00. The van der Waals surface area contributed by atoms with E-state index in [9.17, 15) is 0 Å². The van der Waals surface area contributed by atoms with Gasteiger partial charge in [0.15, 0.2) is 0 Å². The molecule has 4 aromatic rings. The predicted molar refractivity (Wildman–Crippen MR) is 89.2 cm³/mol. The molecule has 1 N–H and O–H groups in total. The molecular weight excluding hydrogens is 290 g/mol. The van der Waals surface area contributed by atoms with E-state index >= 15 is 0 Å². The maximum atomic E-state index is 4.50. The second kappa shape index (κ2) is 5.05.